The number of carboxylic acid groups (broad SMARTS) is 1. The molecule has 0 saturated heterocycles. The van der Waals surface area contributed by atoms with Crippen LogP contribution in [0.2, 0.25) is 0 Å². The van der Waals surface area contributed by atoms with Crippen molar-refractivity contribution in [2.75, 3.05) is 7.11 Å². The second-order valence-electron chi connectivity index (χ2n) is 9.69. The van der Waals surface area contributed by atoms with Crippen LogP contribution in [0.1, 0.15) is 80.4 Å². The second-order valence-corrected chi connectivity index (χ2v) is 9.69. The summed E-state index contributed by atoms with van der Waals surface area (Å²) in [7, 11) is 1.59. The summed E-state index contributed by atoms with van der Waals surface area (Å²) in [6, 6.07) is 18.8. The Bertz CT molecular complexity index is 1180. The first-order valence-electron chi connectivity index (χ1n) is 12.9. The fourth-order valence-electron chi connectivity index (χ4n) is 5.33. The topological polar surface area (TPSA) is 55.8 Å². The van der Waals surface area contributed by atoms with E-state index in [1.54, 1.807) is 19.2 Å². The van der Waals surface area contributed by atoms with E-state index in [1.165, 1.54) is 24.5 Å². The molecule has 1 fully saturated rings. The SMILES string of the molecule is CCC[C@H](CC(=O)O)c1cccc(OCc2ccc(-c3cc(OC)ccc3F)c(C3CCCC3)c2)c1. The van der Waals surface area contributed by atoms with Crippen molar-refractivity contribution in [1.82, 2.24) is 0 Å². The highest BCUT2D eigenvalue weighted by atomic mass is 19.1. The Labute approximate surface area is 213 Å². The molecule has 0 heterocycles. The van der Waals surface area contributed by atoms with Crippen molar-refractivity contribution in [1.29, 1.82) is 0 Å². The van der Waals surface area contributed by atoms with Crippen molar-refractivity contribution in [2.24, 2.45) is 0 Å². The molecule has 0 spiro atoms. The number of aliphatic carboxylic acids is 1. The first kappa shape index (κ1) is 25.7. The van der Waals surface area contributed by atoms with Crippen molar-refractivity contribution < 1.29 is 23.8 Å². The van der Waals surface area contributed by atoms with Crippen LogP contribution in [-0.4, -0.2) is 18.2 Å². The molecule has 0 radical (unpaired) electrons. The Morgan fingerprint density at radius 2 is 1.83 bits per heavy atom. The van der Waals surface area contributed by atoms with E-state index in [2.05, 4.69) is 13.0 Å². The van der Waals surface area contributed by atoms with E-state index in [1.807, 2.05) is 36.4 Å². The van der Waals surface area contributed by atoms with Crippen molar-refractivity contribution in [3.05, 3.63) is 83.2 Å². The van der Waals surface area contributed by atoms with Gasteiger partial charge in [0.15, 0.2) is 0 Å². The van der Waals surface area contributed by atoms with Gasteiger partial charge in [-0.15, -0.1) is 0 Å². The van der Waals surface area contributed by atoms with E-state index in [0.29, 0.717) is 23.8 Å². The number of hydrogen-bond acceptors (Lipinski definition) is 3. The van der Waals surface area contributed by atoms with E-state index < -0.39 is 5.97 Å². The first-order chi connectivity index (χ1) is 17.5. The summed E-state index contributed by atoms with van der Waals surface area (Å²) in [6.07, 6.45) is 6.45. The quantitative estimate of drug-likeness (QED) is 0.295. The highest BCUT2D eigenvalue weighted by molar-refractivity contribution is 5.71. The highest BCUT2D eigenvalue weighted by Crippen LogP contribution is 2.41. The number of carbonyl (C=O) groups is 1. The van der Waals surface area contributed by atoms with Gasteiger partial charge in [-0.1, -0.05) is 56.5 Å². The van der Waals surface area contributed by atoms with Gasteiger partial charge in [-0.2, -0.15) is 0 Å². The number of rotatable bonds is 11. The molecule has 4 nitrogen and oxygen atoms in total. The molecule has 1 saturated carbocycles. The zero-order chi connectivity index (χ0) is 25.5. The molecule has 1 aliphatic rings. The molecule has 5 heteroatoms. The Kier molecular flexibility index (Phi) is 8.63. The molecule has 1 atom stereocenters. The number of methoxy groups -OCH3 is 1. The largest absolute Gasteiger partial charge is 0.497 e. The lowest BCUT2D eigenvalue weighted by atomic mass is 9.88. The van der Waals surface area contributed by atoms with Gasteiger partial charge in [0.1, 0.15) is 23.9 Å². The lowest BCUT2D eigenvalue weighted by Crippen LogP contribution is -2.07. The van der Waals surface area contributed by atoms with Crippen LogP contribution in [-0.2, 0) is 11.4 Å². The Hall–Kier alpha value is -3.34. The third kappa shape index (κ3) is 6.26. The van der Waals surface area contributed by atoms with Crippen LogP contribution in [0.5, 0.6) is 11.5 Å². The molecule has 190 valence electrons. The molecule has 3 aromatic rings. The summed E-state index contributed by atoms with van der Waals surface area (Å²) in [5.74, 6) is 0.706. The monoisotopic (exact) mass is 490 g/mol. The van der Waals surface area contributed by atoms with E-state index in [-0.39, 0.29) is 18.2 Å². The predicted molar refractivity (Wildman–Crippen MR) is 140 cm³/mol. The van der Waals surface area contributed by atoms with Crippen molar-refractivity contribution in [2.45, 2.75) is 70.3 Å². The highest BCUT2D eigenvalue weighted by Gasteiger charge is 2.23. The normalized spacial score (nSPS) is 14.5. The van der Waals surface area contributed by atoms with Crippen LogP contribution in [0.4, 0.5) is 4.39 Å². The van der Waals surface area contributed by atoms with Gasteiger partial charge in [-0.05, 0) is 83.7 Å². The summed E-state index contributed by atoms with van der Waals surface area (Å²) >= 11 is 0. The van der Waals surface area contributed by atoms with Gasteiger partial charge in [-0.3, -0.25) is 4.79 Å². The van der Waals surface area contributed by atoms with Crippen molar-refractivity contribution in [3.63, 3.8) is 0 Å². The van der Waals surface area contributed by atoms with Gasteiger partial charge >= 0.3 is 5.97 Å². The molecule has 1 N–H and O–H groups in total. The van der Waals surface area contributed by atoms with E-state index in [9.17, 15) is 14.3 Å². The smallest absolute Gasteiger partial charge is 0.303 e. The summed E-state index contributed by atoms with van der Waals surface area (Å²) in [6.45, 7) is 2.46. The van der Waals surface area contributed by atoms with Gasteiger partial charge in [0.25, 0.3) is 0 Å². The Balaban J connectivity index is 1.58. The van der Waals surface area contributed by atoms with Gasteiger partial charge in [0.05, 0.1) is 13.5 Å². The Morgan fingerprint density at radius 1 is 1.03 bits per heavy atom. The molecule has 0 aliphatic heterocycles. The van der Waals surface area contributed by atoms with Crippen LogP contribution in [0.3, 0.4) is 0 Å². The average Bonchev–Trinajstić information content (AvgIpc) is 3.42. The molecule has 0 bridgehead atoms. The number of carboxylic acids is 1. The maximum absolute atomic E-state index is 14.8. The maximum atomic E-state index is 14.8. The lowest BCUT2D eigenvalue weighted by molar-refractivity contribution is -0.137. The minimum atomic E-state index is -0.785. The Morgan fingerprint density at radius 3 is 2.56 bits per heavy atom. The van der Waals surface area contributed by atoms with Gasteiger partial charge in [-0.25, -0.2) is 4.39 Å². The predicted octanol–water partition coefficient (Wildman–Crippen LogP) is 8.10. The molecule has 0 aromatic heterocycles. The first-order valence-corrected chi connectivity index (χ1v) is 12.9. The summed E-state index contributed by atoms with van der Waals surface area (Å²) in [5.41, 5.74) is 4.67. The minimum absolute atomic E-state index is 0.0259. The number of benzene rings is 3. The van der Waals surface area contributed by atoms with Crippen molar-refractivity contribution >= 4 is 5.97 Å². The van der Waals surface area contributed by atoms with Crippen LogP contribution >= 0.6 is 0 Å². The van der Waals surface area contributed by atoms with Crippen LogP contribution in [0.15, 0.2) is 60.7 Å². The fourth-order valence-corrected chi connectivity index (χ4v) is 5.33. The van der Waals surface area contributed by atoms with Crippen LogP contribution in [0.25, 0.3) is 11.1 Å². The zero-order valence-electron chi connectivity index (χ0n) is 21.1. The van der Waals surface area contributed by atoms with E-state index in [0.717, 1.165) is 48.1 Å². The van der Waals surface area contributed by atoms with E-state index in [4.69, 9.17) is 9.47 Å². The second kappa shape index (κ2) is 12.1. The zero-order valence-corrected chi connectivity index (χ0v) is 21.1. The third-order valence-electron chi connectivity index (χ3n) is 7.17. The molecular formula is C31H35FO4. The molecule has 4 rings (SSSR count). The minimum Gasteiger partial charge on any atom is -0.497 e. The maximum Gasteiger partial charge on any atom is 0.303 e. The number of ether oxygens (including phenoxy) is 2. The van der Waals surface area contributed by atoms with Gasteiger partial charge in [0.2, 0.25) is 0 Å². The van der Waals surface area contributed by atoms with Gasteiger partial charge < -0.3 is 14.6 Å². The molecule has 0 unspecified atom stereocenters. The van der Waals surface area contributed by atoms with Crippen LogP contribution in [0, 0.1) is 5.82 Å². The van der Waals surface area contributed by atoms with Crippen LogP contribution < -0.4 is 9.47 Å². The molecule has 3 aromatic carbocycles. The number of halogens is 1. The molecule has 1 aliphatic carbocycles. The summed E-state index contributed by atoms with van der Waals surface area (Å²) in [5, 5.41) is 9.30. The standard InChI is InChI=1S/C31H35FO4/c1-3-7-23(18-31(33)34)24-10-6-11-26(17-24)36-20-21-12-14-27(28(16-21)22-8-4-5-9-22)29-19-25(35-2)13-15-30(29)32/h6,10-17,19,22-23H,3-5,7-9,18,20H2,1-2H3,(H,33,34)/t23-/m1/s1. The fraction of sp³-hybridized carbons (Fsp3) is 0.387. The number of hydrogen-bond donors (Lipinski definition) is 1. The third-order valence-corrected chi connectivity index (χ3v) is 7.17. The molecule has 36 heavy (non-hydrogen) atoms. The summed E-state index contributed by atoms with van der Waals surface area (Å²) < 4.78 is 26.3. The van der Waals surface area contributed by atoms with E-state index >= 15 is 0 Å². The summed E-state index contributed by atoms with van der Waals surface area (Å²) in [4.78, 5) is 11.3. The van der Waals surface area contributed by atoms with Crippen molar-refractivity contribution in [3.8, 4) is 22.6 Å². The molecular weight excluding hydrogens is 455 g/mol. The molecule has 0 amide bonds. The average molecular weight is 491 g/mol. The van der Waals surface area contributed by atoms with Gasteiger partial charge in [0, 0.05) is 5.56 Å². The lowest BCUT2D eigenvalue weighted by Gasteiger charge is -2.19.